The van der Waals surface area contributed by atoms with Gasteiger partial charge in [0, 0.05) is 30.7 Å². The highest BCUT2D eigenvalue weighted by molar-refractivity contribution is 6.30. The fourth-order valence-corrected chi connectivity index (χ4v) is 1.70. The Balaban J connectivity index is 2.53. The van der Waals surface area contributed by atoms with E-state index in [9.17, 15) is 4.79 Å². The SMILES string of the molecule is CCN(C)C(=O)CNCc1cc(Cl)ccc1OC. The number of halogens is 1. The van der Waals surface area contributed by atoms with Crippen LogP contribution < -0.4 is 10.1 Å². The van der Waals surface area contributed by atoms with Gasteiger partial charge in [-0.15, -0.1) is 0 Å². The molecule has 0 radical (unpaired) electrons. The molecule has 0 aliphatic carbocycles. The second kappa shape index (κ2) is 7.24. The van der Waals surface area contributed by atoms with E-state index in [2.05, 4.69) is 5.32 Å². The molecular weight excluding hydrogens is 252 g/mol. The van der Waals surface area contributed by atoms with E-state index in [-0.39, 0.29) is 5.91 Å². The second-order valence-corrected chi connectivity index (χ2v) is 4.40. The molecule has 0 saturated heterocycles. The molecule has 0 atom stereocenters. The quantitative estimate of drug-likeness (QED) is 0.859. The zero-order valence-electron chi connectivity index (χ0n) is 11.0. The Kier molecular flexibility index (Phi) is 5.95. The maximum Gasteiger partial charge on any atom is 0.236 e. The van der Waals surface area contributed by atoms with E-state index in [1.54, 1.807) is 25.1 Å². The number of carbonyl (C=O) groups excluding carboxylic acids is 1. The van der Waals surface area contributed by atoms with Crippen LogP contribution in [0.5, 0.6) is 5.75 Å². The summed E-state index contributed by atoms with van der Waals surface area (Å²) >= 11 is 5.93. The number of nitrogens with one attached hydrogen (secondary N) is 1. The minimum atomic E-state index is 0.0681. The molecule has 1 aromatic carbocycles. The lowest BCUT2D eigenvalue weighted by Crippen LogP contribution is -2.35. The number of carbonyl (C=O) groups is 1. The topological polar surface area (TPSA) is 41.6 Å². The van der Waals surface area contributed by atoms with Crippen LogP contribution in [-0.4, -0.2) is 38.1 Å². The molecule has 1 N–H and O–H groups in total. The Morgan fingerprint density at radius 1 is 1.50 bits per heavy atom. The first kappa shape index (κ1) is 14.8. The molecule has 0 aliphatic rings. The average molecular weight is 271 g/mol. The fourth-order valence-electron chi connectivity index (χ4n) is 1.50. The van der Waals surface area contributed by atoms with Gasteiger partial charge in [-0.05, 0) is 25.1 Å². The van der Waals surface area contributed by atoms with Crippen molar-refractivity contribution in [1.82, 2.24) is 10.2 Å². The summed E-state index contributed by atoms with van der Waals surface area (Å²) in [6.07, 6.45) is 0. The van der Waals surface area contributed by atoms with Gasteiger partial charge in [-0.2, -0.15) is 0 Å². The Bertz CT molecular complexity index is 410. The van der Waals surface area contributed by atoms with E-state index in [4.69, 9.17) is 16.3 Å². The standard InChI is InChI=1S/C13H19ClN2O2/c1-4-16(2)13(17)9-15-8-10-7-11(14)5-6-12(10)18-3/h5-7,15H,4,8-9H2,1-3H3. The Hall–Kier alpha value is -1.26. The minimum absolute atomic E-state index is 0.0681. The third-order valence-electron chi connectivity index (χ3n) is 2.73. The van der Waals surface area contributed by atoms with Gasteiger partial charge in [-0.25, -0.2) is 0 Å². The number of benzene rings is 1. The van der Waals surface area contributed by atoms with E-state index in [0.717, 1.165) is 11.3 Å². The van der Waals surface area contributed by atoms with Crippen LogP contribution in [0.25, 0.3) is 0 Å². The fraction of sp³-hybridized carbons (Fsp3) is 0.462. The van der Waals surface area contributed by atoms with E-state index in [1.165, 1.54) is 0 Å². The van der Waals surface area contributed by atoms with Crippen molar-refractivity contribution in [2.45, 2.75) is 13.5 Å². The second-order valence-electron chi connectivity index (χ2n) is 3.97. The van der Waals surface area contributed by atoms with Crippen LogP contribution in [0.4, 0.5) is 0 Å². The summed E-state index contributed by atoms with van der Waals surface area (Å²) in [6.45, 7) is 3.51. The first-order valence-corrected chi connectivity index (χ1v) is 6.23. The first-order valence-electron chi connectivity index (χ1n) is 5.85. The van der Waals surface area contributed by atoms with Gasteiger partial charge in [0.05, 0.1) is 13.7 Å². The van der Waals surface area contributed by atoms with Gasteiger partial charge in [-0.3, -0.25) is 4.79 Å². The van der Waals surface area contributed by atoms with Crippen LogP contribution in [0.1, 0.15) is 12.5 Å². The zero-order chi connectivity index (χ0) is 13.5. The van der Waals surface area contributed by atoms with Gasteiger partial charge in [0.1, 0.15) is 5.75 Å². The normalized spacial score (nSPS) is 10.2. The molecule has 1 aromatic rings. The van der Waals surface area contributed by atoms with Crippen LogP contribution in [0.2, 0.25) is 5.02 Å². The van der Waals surface area contributed by atoms with Crippen LogP contribution in [-0.2, 0) is 11.3 Å². The molecule has 18 heavy (non-hydrogen) atoms. The van der Waals surface area contributed by atoms with Crippen LogP contribution >= 0.6 is 11.6 Å². The number of nitrogens with zero attached hydrogens (tertiary/aromatic N) is 1. The van der Waals surface area contributed by atoms with Crippen molar-refractivity contribution in [3.63, 3.8) is 0 Å². The molecule has 5 heteroatoms. The summed E-state index contributed by atoms with van der Waals surface area (Å²) in [5.74, 6) is 0.835. The van der Waals surface area contributed by atoms with Crippen LogP contribution in [0, 0.1) is 0 Å². The van der Waals surface area contributed by atoms with Crippen molar-refractivity contribution in [2.75, 3.05) is 27.2 Å². The smallest absolute Gasteiger partial charge is 0.236 e. The third kappa shape index (κ3) is 4.20. The summed E-state index contributed by atoms with van der Waals surface area (Å²) in [5, 5.41) is 3.75. The summed E-state index contributed by atoms with van der Waals surface area (Å²) in [4.78, 5) is 13.3. The van der Waals surface area contributed by atoms with Crippen LogP contribution in [0.3, 0.4) is 0 Å². The maximum absolute atomic E-state index is 11.6. The highest BCUT2D eigenvalue weighted by atomic mass is 35.5. The third-order valence-corrected chi connectivity index (χ3v) is 2.97. The number of hydrogen-bond acceptors (Lipinski definition) is 3. The van der Waals surface area contributed by atoms with Gasteiger partial charge in [0.15, 0.2) is 0 Å². The van der Waals surface area contributed by atoms with Gasteiger partial charge in [0.25, 0.3) is 0 Å². The van der Waals surface area contributed by atoms with E-state index < -0.39 is 0 Å². The predicted octanol–water partition coefficient (Wildman–Crippen LogP) is 1.92. The van der Waals surface area contributed by atoms with Gasteiger partial charge < -0.3 is 15.0 Å². The van der Waals surface area contributed by atoms with Gasteiger partial charge in [0.2, 0.25) is 5.91 Å². The molecule has 0 fully saturated rings. The molecule has 0 bridgehead atoms. The lowest BCUT2D eigenvalue weighted by atomic mass is 10.2. The molecule has 0 spiro atoms. The van der Waals surface area contributed by atoms with Crippen LogP contribution in [0.15, 0.2) is 18.2 Å². The van der Waals surface area contributed by atoms with Crippen molar-refractivity contribution < 1.29 is 9.53 Å². The number of hydrogen-bond donors (Lipinski definition) is 1. The summed E-state index contributed by atoms with van der Waals surface area (Å²) < 4.78 is 5.23. The predicted molar refractivity (Wildman–Crippen MR) is 73.0 cm³/mol. The summed E-state index contributed by atoms with van der Waals surface area (Å²) in [7, 11) is 3.40. The van der Waals surface area contributed by atoms with Crippen molar-refractivity contribution in [1.29, 1.82) is 0 Å². The molecule has 0 saturated carbocycles. The zero-order valence-corrected chi connectivity index (χ0v) is 11.8. The molecule has 0 aliphatic heterocycles. The molecule has 1 amide bonds. The minimum Gasteiger partial charge on any atom is -0.496 e. The number of likely N-dealkylation sites (N-methyl/N-ethyl adjacent to an activating group) is 1. The Labute approximate surface area is 113 Å². The number of rotatable bonds is 6. The molecule has 100 valence electrons. The Morgan fingerprint density at radius 2 is 2.22 bits per heavy atom. The van der Waals surface area contributed by atoms with E-state index >= 15 is 0 Å². The lowest BCUT2D eigenvalue weighted by molar-refractivity contribution is -0.128. The van der Waals surface area contributed by atoms with Crippen molar-refractivity contribution in [3.8, 4) is 5.75 Å². The van der Waals surface area contributed by atoms with Crippen molar-refractivity contribution in [2.24, 2.45) is 0 Å². The first-order chi connectivity index (χ1) is 8.58. The lowest BCUT2D eigenvalue weighted by Gasteiger charge is -2.15. The monoisotopic (exact) mass is 270 g/mol. The number of amides is 1. The summed E-state index contributed by atoms with van der Waals surface area (Å²) in [5.41, 5.74) is 0.942. The molecule has 0 aromatic heterocycles. The number of methoxy groups -OCH3 is 1. The van der Waals surface area contributed by atoms with Gasteiger partial charge in [-0.1, -0.05) is 11.6 Å². The van der Waals surface area contributed by atoms with E-state index in [1.807, 2.05) is 19.1 Å². The molecule has 0 unspecified atom stereocenters. The van der Waals surface area contributed by atoms with Crippen molar-refractivity contribution in [3.05, 3.63) is 28.8 Å². The summed E-state index contributed by atoms with van der Waals surface area (Å²) in [6, 6.07) is 5.43. The Morgan fingerprint density at radius 3 is 2.83 bits per heavy atom. The van der Waals surface area contributed by atoms with Gasteiger partial charge >= 0.3 is 0 Å². The highest BCUT2D eigenvalue weighted by Crippen LogP contribution is 2.22. The number of ether oxygens (including phenoxy) is 1. The molecule has 4 nitrogen and oxygen atoms in total. The van der Waals surface area contributed by atoms with Crippen molar-refractivity contribution >= 4 is 17.5 Å². The molecular formula is C13H19ClN2O2. The van der Waals surface area contributed by atoms with E-state index in [0.29, 0.717) is 24.7 Å². The highest BCUT2D eigenvalue weighted by Gasteiger charge is 2.07. The molecule has 1 rings (SSSR count). The molecule has 0 heterocycles. The average Bonchev–Trinajstić information content (AvgIpc) is 2.38. The maximum atomic E-state index is 11.6. The largest absolute Gasteiger partial charge is 0.496 e.